The van der Waals surface area contributed by atoms with Gasteiger partial charge in [0.05, 0.1) is 12.1 Å². The molecule has 1 aliphatic heterocycles. The monoisotopic (exact) mass is 316 g/mol. The van der Waals surface area contributed by atoms with E-state index in [1.807, 2.05) is 42.1 Å². The van der Waals surface area contributed by atoms with E-state index >= 15 is 0 Å². The van der Waals surface area contributed by atoms with Gasteiger partial charge in [0.1, 0.15) is 0 Å². The van der Waals surface area contributed by atoms with Gasteiger partial charge in [0.15, 0.2) is 5.96 Å². The van der Waals surface area contributed by atoms with E-state index in [-0.39, 0.29) is 5.56 Å². The number of nitrogens with zero attached hydrogens (tertiary/aromatic N) is 3. The number of aliphatic imine (C=N–C) groups is 1. The number of thioether (sulfide) groups is 1. The molecule has 3 rings (SSSR count). The van der Waals surface area contributed by atoms with Gasteiger partial charge in [-0.1, -0.05) is 18.2 Å². The van der Waals surface area contributed by atoms with Crippen LogP contribution < -0.4 is 11.3 Å². The zero-order valence-electron chi connectivity index (χ0n) is 12.7. The Morgan fingerprint density at radius 3 is 2.82 bits per heavy atom. The zero-order chi connectivity index (χ0) is 15.5. The fourth-order valence-electron chi connectivity index (χ4n) is 2.66. The van der Waals surface area contributed by atoms with E-state index in [9.17, 15) is 4.79 Å². The van der Waals surface area contributed by atoms with Crippen LogP contribution in [0.4, 0.5) is 0 Å². The molecule has 1 aromatic heterocycles. The Bertz CT molecular complexity index is 762. The van der Waals surface area contributed by atoms with Gasteiger partial charge >= 0.3 is 0 Å². The molecule has 1 aliphatic rings. The molecule has 6 heteroatoms. The number of guanidine groups is 1. The van der Waals surface area contributed by atoms with Crippen LogP contribution in [-0.4, -0.2) is 40.0 Å². The van der Waals surface area contributed by atoms with Crippen molar-refractivity contribution in [2.24, 2.45) is 17.8 Å². The summed E-state index contributed by atoms with van der Waals surface area (Å²) in [7, 11) is 1.79. The SMILES string of the molecule is Cn1c(=O)c(CN=C(N)N2CCSCC2)cc2ccccc21. The van der Waals surface area contributed by atoms with Gasteiger partial charge in [-0.15, -0.1) is 0 Å². The Hall–Kier alpha value is -1.95. The van der Waals surface area contributed by atoms with Crippen LogP contribution >= 0.6 is 11.8 Å². The highest BCUT2D eigenvalue weighted by Crippen LogP contribution is 2.13. The van der Waals surface area contributed by atoms with Gasteiger partial charge in [0.2, 0.25) is 0 Å². The van der Waals surface area contributed by atoms with Crippen molar-refractivity contribution < 1.29 is 0 Å². The fraction of sp³-hybridized carbons (Fsp3) is 0.375. The minimum Gasteiger partial charge on any atom is -0.370 e. The predicted molar refractivity (Wildman–Crippen MR) is 93.4 cm³/mol. The molecule has 22 heavy (non-hydrogen) atoms. The number of para-hydroxylation sites is 1. The number of nitrogens with two attached hydrogens (primary N) is 1. The van der Waals surface area contributed by atoms with E-state index in [2.05, 4.69) is 9.89 Å². The van der Waals surface area contributed by atoms with Crippen molar-refractivity contribution in [2.45, 2.75) is 6.54 Å². The maximum atomic E-state index is 12.4. The molecule has 1 fully saturated rings. The first kappa shape index (κ1) is 15.0. The molecule has 1 aromatic carbocycles. The maximum absolute atomic E-state index is 12.4. The summed E-state index contributed by atoms with van der Waals surface area (Å²) in [5.74, 6) is 2.69. The first-order chi connectivity index (χ1) is 10.7. The van der Waals surface area contributed by atoms with Crippen molar-refractivity contribution in [3.63, 3.8) is 0 Å². The molecule has 2 N–H and O–H groups in total. The number of pyridine rings is 1. The van der Waals surface area contributed by atoms with Gasteiger partial charge in [-0.3, -0.25) is 4.79 Å². The molecule has 0 bridgehead atoms. The summed E-state index contributed by atoms with van der Waals surface area (Å²) >= 11 is 1.93. The fourth-order valence-corrected chi connectivity index (χ4v) is 3.56. The third-order valence-electron chi connectivity index (χ3n) is 3.95. The van der Waals surface area contributed by atoms with Crippen LogP contribution in [0.2, 0.25) is 0 Å². The van der Waals surface area contributed by atoms with E-state index in [1.54, 1.807) is 11.6 Å². The Morgan fingerprint density at radius 1 is 1.32 bits per heavy atom. The summed E-state index contributed by atoms with van der Waals surface area (Å²) < 4.78 is 1.67. The highest BCUT2D eigenvalue weighted by molar-refractivity contribution is 7.99. The summed E-state index contributed by atoms with van der Waals surface area (Å²) in [6.45, 7) is 2.18. The second kappa shape index (κ2) is 6.44. The smallest absolute Gasteiger partial charge is 0.255 e. The Morgan fingerprint density at radius 2 is 2.05 bits per heavy atom. The minimum atomic E-state index is -0.00977. The molecule has 0 aliphatic carbocycles. The summed E-state index contributed by atoms with van der Waals surface area (Å²) in [5.41, 5.74) is 7.65. The number of benzene rings is 1. The van der Waals surface area contributed by atoms with Crippen LogP contribution in [0.25, 0.3) is 10.9 Å². The second-order valence-corrected chi connectivity index (χ2v) is 6.59. The van der Waals surface area contributed by atoms with Gasteiger partial charge in [-0.25, -0.2) is 4.99 Å². The van der Waals surface area contributed by atoms with Crippen molar-refractivity contribution in [3.8, 4) is 0 Å². The largest absolute Gasteiger partial charge is 0.370 e. The lowest BCUT2D eigenvalue weighted by Crippen LogP contribution is -2.42. The standard InChI is InChI=1S/C16H20N4OS/c1-19-14-5-3-2-4-12(14)10-13(15(19)21)11-18-16(17)20-6-8-22-9-7-20/h2-5,10H,6-9,11H2,1H3,(H2,17,18). The third-order valence-corrected chi connectivity index (χ3v) is 4.90. The average molecular weight is 316 g/mol. The maximum Gasteiger partial charge on any atom is 0.255 e. The molecule has 0 spiro atoms. The number of aryl methyl sites for hydroxylation is 1. The van der Waals surface area contributed by atoms with Crippen molar-refractivity contribution in [2.75, 3.05) is 24.6 Å². The van der Waals surface area contributed by atoms with Gasteiger partial charge in [0, 0.05) is 37.2 Å². The van der Waals surface area contributed by atoms with Crippen molar-refractivity contribution >= 4 is 28.6 Å². The van der Waals surface area contributed by atoms with Crippen LogP contribution in [0.1, 0.15) is 5.56 Å². The minimum absolute atomic E-state index is 0.00977. The molecular formula is C16H20N4OS. The van der Waals surface area contributed by atoms with Gasteiger partial charge in [-0.2, -0.15) is 11.8 Å². The predicted octanol–water partition coefficient (Wildman–Crippen LogP) is 1.40. The first-order valence-electron chi connectivity index (χ1n) is 7.37. The molecule has 0 atom stereocenters. The van der Waals surface area contributed by atoms with Gasteiger partial charge < -0.3 is 15.2 Å². The van der Waals surface area contributed by atoms with E-state index in [1.165, 1.54) is 0 Å². The molecule has 0 amide bonds. The van der Waals surface area contributed by atoms with E-state index < -0.39 is 0 Å². The normalized spacial score (nSPS) is 16.2. The Kier molecular flexibility index (Phi) is 4.38. The summed E-state index contributed by atoms with van der Waals surface area (Å²) in [4.78, 5) is 18.9. The van der Waals surface area contributed by atoms with Crippen LogP contribution in [-0.2, 0) is 13.6 Å². The molecule has 116 valence electrons. The van der Waals surface area contributed by atoms with Crippen LogP contribution in [0.5, 0.6) is 0 Å². The quantitative estimate of drug-likeness (QED) is 0.672. The van der Waals surface area contributed by atoms with E-state index in [0.717, 1.165) is 35.5 Å². The topological polar surface area (TPSA) is 63.6 Å². The summed E-state index contributed by atoms with van der Waals surface area (Å²) in [6, 6.07) is 9.78. The molecule has 5 nitrogen and oxygen atoms in total. The van der Waals surface area contributed by atoms with E-state index in [4.69, 9.17) is 5.73 Å². The van der Waals surface area contributed by atoms with Gasteiger partial charge in [0.25, 0.3) is 5.56 Å². The molecule has 2 aromatic rings. The van der Waals surface area contributed by atoms with Crippen LogP contribution in [0.15, 0.2) is 40.1 Å². The van der Waals surface area contributed by atoms with Crippen LogP contribution in [0, 0.1) is 0 Å². The Balaban J connectivity index is 1.87. The van der Waals surface area contributed by atoms with Crippen molar-refractivity contribution in [1.29, 1.82) is 0 Å². The second-order valence-electron chi connectivity index (χ2n) is 5.37. The molecule has 0 radical (unpaired) electrons. The average Bonchev–Trinajstić information content (AvgIpc) is 2.57. The first-order valence-corrected chi connectivity index (χ1v) is 8.52. The molecular weight excluding hydrogens is 296 g/mol. The van der Waals surface area contributed by atoms with Crippen molar-refractivity contribution in [1.82, 2.24) is 9.47 Å². The number of hydrogen-bond donors (Lipinski definition) is 1. The third kappa shape index (κ3) is 2.97. The number of aromatic nitrogens is 1. The molecule has 2 heterocycles. The number of rotatable bonds is 2. The summed E-state index contributed by atoms with van der Waals surface area (Å²) in [6.07, 6.45) is 0. The highest BCUT2D eigenvalue weighted by Gasteiger charge is 2.12. The number of fused-ring (bicyclic) bond motifs is 1. The van der Waals surface area contributed by atoms with E-state index in [0.29, 0.717) is 18.1 Å². The highest BCUT2D eigenvalue weighted by atomic mass is 32.2. The molecule has 0 unspecified atom stereocenters. The Labute approximate surface area is 133 Å². The lowest BCUT2D eigenvalue weighted by molar-refractivity contribution is 0.455. The molecule has 0 saturated carbocycles. The lowest BCUT2D eigenvalue weighted by Gasteiger charge is -2.27. The summed E-state index contributed by atoms with van der Waals surface area (Å²) in [5, 5.41) is 1.04. The zero-order valence-corrected chi connectivity index (χ0v) is 13.5. The number of hydrogen-bond acceptors (Lipinski definition) is 3. The van der Waals surface area contributed by atoms with Crippen molar-refractivity contribution in [3.05, 3.63) is 46.2 Å². The molecule has 1 saturated heterocycles. The van der Waals surface area contributed by atoms with Gasteiger partial charge in [-0.05, 0) is 17.5 Å². The van der Waals surface area contributed by atoms with Crippen LogP contribution in [0.3, 0.4) is 0 Å². The lowest BCUT2D eigenvalue weighted by atomic mass is 10.1.